The highest BCUT2D eigenvalue weighted by atomic mass is 32.2. The lowest BCUT2D eigenvalue weighted by atomic mass is 9.85. The second kappa shape index (κ2) is 23.3. The molecule has 22 heteroatoms. The summed E-state index contributed by atoms with van der Waals surface area (Å²) in [4.78, 5) is 66.3. The smallest absolute Gasteiger partial charge is 0.328 e. The van der Waals surface area contributed by atoms with Gasteiger partial charge in [-0.05, 0) is 84.8 Å². The van der Waals surface area contributed by atoms with Gasteiger partial charge in [0, 0.05) is 87.7 Å². The van der Waals surface area contributed by atoms with Gasteiger partial charge < -0.3 is 34.9 Å². The Morgan fingerprint density at radius 1 is 0.878 bits per heavy atom. The maximum Gasteiger partial charge on any atom is 0.328 e. The summed E-state index contributed by atoms with van der Waals surface area (Å²) >= 11 is 1.57. The van der Waals surface area contributed by atoms with Gasteiger partial charge in [-0.1, -0.05) is 64.1 Å². The van der Waals surface area contributed by atoms with Crippen molar-refractivity contribution >= 4 is 55.8 Å². The van der Waals surface area contributed by atoms with Gasteiger partial charge in [-0.25, -0.2) is 23.2 Å². The standard InChI is InChI=1S/C60H66N10O10S2/c1-9-22-78-44-13-11-14-45(28-44)79-52-30-50-49(67(7)59(75)68(50)8)29-48(52)66-82(76,77)47-15-10-12-40(23-47)56(72)65-42-25-46(26-42)80-53-24-39(20-21-61-53)41-31-63-70(32-41)55(60(4,5)6)58(74)69-33-43(71)27-51(69)57(73)64-35(2)37-16-18-38(19-17-37)54-36(3)62-34-81-54/h10-21,23-24,28-32,34-35,42-43,46,51,55,66,71H,9,22,25-27,33H2,1-8H3,(H,64,73)(H,65,72)/t35-,42?,43+,46?,51-,55?/m0/s1. The van der Waals surface area contributed by atoms with Crippen molar-refractivity contribution in [2.24, 2.45) is 19.5 Å². The number of thiazole rings is 1. The van der Waals surface area contributed by atoms with Crippen molar-refractivity contribution in [2.45, 2.75) is 108 Å². The van der Waals surface area contributed by atoms with E-state index in [1.54, 1.807) is 85.1 Å². The Balaban J connectivity index is 0.759. The van der Waals surface area contributed by atoms with Crippen molar-refractivity contribution < 1.29 is 42.1 Å². The van der Waals surface area contributed by atoms with Crippen LogP contribution in [0.1, 0.15) is 94.0 Å². The van der Waals surface area contributed by atoms with E-state index in [1.165, 1.54) is 44.4 Å². The van der Waals surface area contributed by atoms with Gasteiger partial charge in [-0.15, -0.1) is 11.3 Å². The minimum atomic E-state index is -4.32. The number of likely N-dealkylation sites (tertiary alicyclic amines) is 1. The number of β-amino-alcohol motifs (C(OH)–C–C–N with tert-alkyl or cyclic N) is 1. The number of anilines is 1. The molecule has 4 aromatic carbocycles. The van der Waals surface area contributed by atoms with Crippen LogP contribution in [-0.4, -0.2) is 102 Å². The predicted octanol–water partition coefficient (Wildman–Crippen LogP) is 8.72. The van der Waals surface area contributed by atoms with Crippen LogP contribution in [0.25, 0.3) is 32.6 Å². The van der Waals surface area contributed by atoms with E-state index in [0.717, 1.165) is 33.7 Å². The largest absolute Gasteiger partial charge is 0.493 e. The zero-order valence-corrected chi connectivity index (χ0v) is 48.5. The number of fused-ring (bicyclic) bond motifs is 1. The molecule has 0 spiro atoms. The fraction of sp³-hybridized carbons (Fsp3) is 0.350. The van der Waals surface area contributed by atoms with Gasteiger partial charge in [0.1, 0.15) is 29.7 Å². The number of benzene rings is 4. The number of hydrogen-bond acceptors (Lipinski definition) is 14. The van der Waals surface area contributed by atoms with Gasteiger partial charge in [0.25, 0.3) is 15.9 Å². The normalized spacial score (nSPS) is 17.9. The van der Waals surface area contributed by atoms with Gasteiger partial charge in [0.2, 0.25) is 17.7 Å². The van der Waals surface area contributed by atoms with E-state index >= 15 is 0 Å². The van der Waals surface area contributed by atoms with E-state index in [4.69, 9.17) is 14.2 Å². The minimum absolute atomic E-state index is 0.00503. The number of ether oxygens (including phenoxy) is 3. The Morgan fingerprint density at radius 3 is 2.33 bits per heavy atom. The van der Waals surface area contributed by atoms with Crippen molar-refractivity contribution in [1.82, 2.24) is 44.4 Å². The molecule has 20 nitrogen and oxygen atoms in total. The van der Waals surface area contributed by atoms with E-state index < -0.39 is 39.5 Å². The zero-order valence-electron chi connectivity index (χ0n) is 46.8. The molecule has 1 saturated heterocycles. The summed E-state index contributed by atoms with van der Waals surface area (Å²) < 4.78 is 53.6. The van der Waals surface area contributed by atoms with Gasteiger partial charge in [0.05, 0.1) is 62.6 Å². The molecule has 2 fully saturated rings. The van der Waals surface area contributed by atoms with Gasteiger partial charge >= 0.3 is 5.69 Å². The van der Waals surface area contributed by atoms with Crippen LogP contribution in [0, 0.1) is 12.3 Å². The summed E-state index contributed by atoms with van der Waals surface area (Å²) in [5.41, 5.74) is 6.40. The molecule has 1 unspecified atom stereocenters. The van der Waals surface area contributed by atoms with Gasteiger partial charge in [-0.2, -0.15) is 5.10 Å². The first kappa shape index (κ1) is 56.9. The molecule has 4 atom stereocenters. The molecule has 4 N–H and O–H groups in total. The van der Waals surface area contributed by atoms with Crippen molar-refractivity contribution in [2.75, 3.05) is 17.9 Å². The average Bonchev–Trinajstić information content (AvgIpc) is 3.86. The van der Waals surface area contributed by atoms with E-state index in [0.29, 0.717) is 53.4 Å². The molecular formula is C60H66N10O10S2. The molecule has 428 valence electrons. The highest BCUT2D eigenvalue weighted by Gasteiger charge is 2.45. The number of hydrogen-bond donors (Lipinski definition) is 4. The van der Waals surface area contributed by atoms with Crippen LogP contribution in [0.5, 0.6) is 23.1 Å². The number of imidazole rings is 1. The first-order valence-corrected chi connectivity index (χ1v) is 29.5. The number of aliphatic hydroxyl groups excluding tert-OH is 1. The molecule has 2 aliphatic rings. The number of nitrogens with one attached hydrogen (secondary N) is 3. The van der Waals surface area contributed by atoms with Crippen molar-refractivity contribution in [1.29, 1.82) is 0 Å². The summed E-state index contributed by atoms with van der Waals surface area (Å²) in [6.07, 6.45) is 5.75. The molecule has 10 rings (SSSR count). The van der Waals surface area contributed by atoms with Crippen LogP contribution >= 0.6 is 11.3 Å². The van der Waals surface area contributed by atoms with Crippen LogP contribution in [0.4, 0.5) is 5.69 Å². The molecular weight excluding hydrogens is 1080 g/mol. The monoisotopic (exact) mass is 1150 g/mol. The second-order valence-electron chi connectivity index (χ2n) is 22.1. The number of pyridine rings is 1. The lowest BCUT2D eigenvalue weighted by Crippen LogP contribution is -2.50. The number of rotatable bonds is 19. The van der Waals surface area contributed by atoms with E-state index in [2.05, 4.69) is 30.4 Å². The van der Waals surface area contributed by atoms with Crippen molar-refractivity contribution in [3.8, 4) is 44.7 Å². The Kier molecular flexibility index (Phi) is 16.1. The topological polar surface area (TPSA) is 243 Å². The van der Waals surface area contributed by atoms with Crippen molar-refractivity contribution in [3.05, 3.63) is 148 Å². The summed E-state index contributed by atoms with van der Waals surface area (Å²) in [5.74, 6) is 0.314. The number of amides is 3. The van der Waals surface area contributed by atoms with Crippen molar-refractivity contribution in [3.63, 3.8) is 0 Å². The maximum atomic E-state index is 14.6. The molecule has 0 radical (unpaired) electrons. The molecule has 1 aliphatic heterocycles. The number of nitrogens with zero attached hydrogens (tertiary/aromatic N) is 7. The SMILES string of the molecule is CCCOc1cccc(Oc2cc3c(cc2NS(=O)(=O)c2cccc(C(=O)NC4CC(Oc5cc(-c6cnn(C(C(=O)N7C[C@H](O)C[C@H]7C(=O)N[C@@H](C)c7ccc(-c8scnc8C)cc7)C(C)(C)C)c6)ccn5)C4)c2)n(C)c(=O)n3C)c1. The van der Waals surface area contributed by atoms with E-state index in [-0.39, 0.29) is 70.6 Å². The third-order valence-corrected chi connectivity index (χ3v) is 17.2. The number of carbonyl (C=O) groups excluding carboxylic acids is 3. The lowest BCUT2D eigenvalue weighted by Gasteiger charge is -2.35. The molecule has 8 aromatic rings. The number of aromatic nitrogens is 6. The highest BCUT2D eigenvalue weighted by molar-refractivity contribution is 7.92. The number of carbonyl (C=O) groups is 3. The zero-order chi connectivity index (χ0) is 58.2. The van der Waals surface area contributed by atoms with E-state index in [1.807, 2.05) is 77.4 Å². The fourth-order valence-corrected chi connectivity index (χ4v) is 12.3. The lowest BCUT2D eigenvalue weighted by molar-refractivity contribution is -0.144. The Labute approximate surface area is 479 Å². The Hall–Kier alpha value is -8.34. The van der Waals surface area contributed by atoms with Crippen LogP contribution < -0.4 is 35.3 Å². The number of aryl methyl sites for hydroxylation is 3. The highest BCUT2D eigenvalue weighted by Crippen LogP contribution is 2.39. The van der Waals surface area contributed by atoms with Gasteiger partial charge in [-0.3, -0.25) is 32.9 Å². The molecule has 82 heavy (non-hydrogen) atoms. The van der Waals surface area contributed by atoms with Crippen LogP contribution in [0.15, 0.2) is 131 Å². The summed E-state index contributed by atoms with van der Waals surface area (Å²) in [6.45, 7) is 12.2. The summed E-state index contributed by atoms with van der Waals surface area (Å²) in [5, 5.41) is 21.6. The summed E-state index contributed by atoms with van der Waals surface area (Å²) in [6, 6.07) is 25.0. The van der Waals surface area contributed by atoms with E-state index in [9.17, 15) is 32.7 Å². The molecule has 4 aromatic heterocycles. The Bertz CT molecular complexity index is 3860. The first-order chi connectivity index (χ1) is 39.1. The third-order valence-electron chi connectivity index (χ3n) is 14.9. The second-order valence-corrected chi connectivity index (χ2v) is 24.6. The van der Waals surface area contributed by atoms with Gasteiger partial charge in [0.15, 0.2) is 5.75 Å². The fourth-order valence-electron chi connectivity index (χ4n) is 10.4. The molecule has 0 bridgehead atoms. The maximum absolute atomic E-state index is 14.6. The molecule has 1 aliphatic carbocycles. The number of aliphatic hydroxyl groups is 1. The predicted molar refractivity (Wildman–Crippen MR) is 312 cm³/mol. The average molecular weight is 1150 g/mol. The minimum Gasteiger partial charge on any atom is -0.493 e. The van der Waals surface area contributed by atoms with Crippen LogP contribution in [0.3, 0.4) is 0 Å². The summed E-state index contributed by atoms with van der Waals surface area (Å²) in [7, 11) is -1.10. The molecule has 1 saturated carbocycles. The third kappa shape index (κ3) is 12.1. The quantitative estimate of drug-likeness (QED) is 0.0593. The molecule has 3 amide bonds. The first-order valence-electron chi connectivity index (χ1n) is 27.1. The van der Waals surface area contributed by atoms with Crippen LogP contribution in [0.2, 0.25) is 0 Å². The Morgan fingerprint density at radius 2 is 1.61 bits per heavy atom. The number of sulfonamides is 1. The van der Waals surface area contributed by atoms with Crippen LogP contribution in [-0.2, 0) is 33.7 Å². The molecule has 5 heterocycles.